The molecule has 0 aromatic rings. The van der Waals surface area contributed by atoms with Crippen molar-refractivity contribution in [1.29, 1.82) is 0 Å². The Morgan fingerprint density at radius 1 is 1.06 bits per heavy atom. The Kier molecular flexibility index (Phi) is 3.88. The number of hydrogen-bond donors (Lipinski definition) is 0. The van der Waals surface area contributed by atoms with Crippen LogP contribution in [-0.2, 0) is 9.53 Å². The summed E-state index contributed by atoms with van der Waals surface area (Å²) in [6.45, 7) is 3.84. The van der Waals surface area contributed by atoms with Gasteiger partial charge in [-0.05, 0) is 37.5 Å². The number of rotatable bonds is 2. The third-order valence-electron chi connectivity index (χ3n) is 4.25. The quantitative estimate of drug-likeness (QED) is 0.671. The average Bonchev–Trinajstić information content (AvgIpc) is 2.29. The Morgan fingerprint density at radius 3 is 2.50 bits per heavy atom. The lowest BCUT2D eigenvalue weighted by molar-refractivity contribution is -0.160. The number of fused-ring (bicyclic) bond motifs is 1. The maximum atomic E-state index is 11.7. The topological polar surface area (TPSA) is 26.3 Å². The van der Waals surface area contributed by atoms with Crippen molar-refractivity contribution in [3.05, 3.63) is 0 Å². The number of esters is 1. The molecule has 0 amide bonds. The molecule has 2 rings (SSSR count). The molecule has 2 saturated carbocycles. The summed E-state index contributed by atoms with van der Waals surface area (Å²) >= 11 is 0. The molecule has 0 aromatic heterocycles. The van der Waals surface area contributed by atoms with Crippen LogP contribution in [0.25, 0.3) is 0 Å². The predicted molar refractivity (Wildman–Crippen MR) is 64.0 cm³/mol. The van der Waals surface area contributed by atoms with Crippen molar-refractivity contribution >= 4 is 5.97 Å². The minimum atomic E-state index is -0.00350. The van der Waals surface area contributed by atoms with E-state index in [0.717, 1.165) is 12.3 Å². The molecular formula is C14H24O2. The lowest BCUT2D eigenvalue weighted by Gasteiger charge is -2.40. The molecule has 2 nitrogen and oxygen atoms in total. The monoisotopic (exact) mass is 224 g/mol. The molecule has 2 heteroatoms. The maximum Gasteiger partial charge on any atom is 0.308 e. The van der Waals surface area contributed by atoms with Crippen LogP contribution in [-0.4, -0.2) is 12.1 Å². The molecule has 0 saturated heterocycles. The highest BCUT2D eigenvalue weighted by Crippen LogP contribution is 2.41. The van der Waals surface area contributed by atoms with Crippen LogP contribution < -0.4 is 0 Å². The van der Waals surface area contributed by atoms with Crippen molar-refractivity contribution < 1.29 is 9.53 Å². The van der Waals surface area contributed by atoms with Gasteiger partial charge in [0.1, 0.15) is 6.10 Å². The van der Waals surface area contributed by atoms with E-state index >= 15 is 0 Å². The van der Waals surface area contributed by atoms with Gasteiger partial charge < -0.3 is 4.74 Å². The number of hydrogen-bond acceptors (Lipinski definition) is 2. The lowest BCUT2D eigenvalue weighted by Crippen LogP contribution is -2.38. The highest BCUT2D eigenvalue weighted by Gasteiger charge is 2.37. The molecule has 0 spiro atoms. The van der Waals surface area contributed by atoms with Gasteiger partial charge >= 0.3 is 5.97 Å². The van der Waals surface area contributed by atoms with Crippen molar-refractivity contribution in [2.45, 2.75) is 64.9 Å². The fraction of sp³-hybridized carbons (Fsp3) is 0.929. The predicted octanol–water partition coefficient (Wildman–Crippen LogP) is 3.54. The van der Waals surface area contributed by atoms with Gasteiger partial charge in [-0.25, -0.2) is 0 Å². The minimum absolute atomic E-state index is 0.00350. The Morgan fingerprint density at radius 2 is 1.75 bits per heavy atom. The Balaban J connectivity index is 1.94. The zero-order chi connectivity index (χ0) is 11.5. The number of carbonyl (C=O) groups is 1. The average molecular weight is 224 g/mol. The smallest absolute Gasteiger partial charge is 0.308 e. The second-order valence-electron chi connectivity index (χ2n) is 5.77. The third-order valence-corrected chi connectivity index (χ3v) is 4.25. The van der Waals surface area contributed by atoms with Gasteiger partial charge in [-0.15, -0.1) is 0 Å². The van der Waals surface area contributed by atoms with E-state index in [4.69, 9.17) is 4.74 Å². The van der Waals surface area contributed by atoms with Crippen LogP contribution in [0.15, 0.2) is 0 Å². The van der Waals surface area contributed by atoms with Crippen LogP contribution in [0.4, 0.5) is 0 Å². The Hall–Kier alpha value is -0.530. The van der Waals surface area contributed by atoms with Gasteiger partial charge in [0.15, 0.2) is 0 Å². The van der Waals surface area contributed by atoms with E-state index in [-0.39, 0.29) is 18.0 Å². The molecule has 2 aliphatic carbocycles. The Bertz CT molecular complexity index is 245. The molecule has 0 unspecified atom stereocenters. The third kappa shape index (κ3) is 2.58. The molecule has 2 fully saturated rings. The number of ether oxygens (including phenoxy) is 1. The standard InChI is InChI=1S/C14H24O2/c1-10(2)14(15)16-13-9-5-7-11-6-3-4-8-12(11)13/h10-13H,3-9H2,1-2H3/t11-,12-,13-/m1/s1. The van der Waals surface area contributed by atoms with Crippen molar-refractivity contribution in [1.82, 2.24) is 0 Å². The first-order valence-electron chi connectivity index (χ1n) is 6.89. The molecule has 16 heavy (non-hydrogen) atoms. The molecule has 0 aliphatic heterocycles. The van der Waals surface area contributed by atoms with Crippen LogP contribution in [0.3, 0.4) is 0 Å². The van der Waals surface area contributed by atoms with E-state index in [2.05, 4.69) is 0 Å². The first kappa shape index (κ1) is 11.9. The second kappa shape index (κ2) is 5.20. The van der Waals surface area contributed by atoms with Gasteiger partial charge in [0.25, 0.3) is 0 Å². The van der Waals surface area contributed by atoms with Gasteiger partial charge in [-0.1, -0.05) is 33.1 Å². The van der Waals surface area contributed by atoms with Crippen LogP contribution >= 0.6 is 0 Å². The molecular weight excluding hydrogens is 200 g/mol. The minimum Gasteiger partial charge on any atom is -0.462 e. The van der Waals surface area contributed by atoms with Crippen LogP contribution in [0.2, 0.25) is 0 Å². The zero-order valence-corrected chi connectivity index (χ0v) is 10.6. The summed E-state index contributed by atoms with van der Waals surface area (Å²) in [7, 11) is 0. The highest BCUT2D eigenvalue weighted by atomic mass is 16.5. The fourth-order valence-corrected chi connectivity index (χ4v) is 3.31. The first-order chi connectivity index (χ1) is 7.68. The molecule has 3 atom stereocenters. The van der Waals surface area contributed by atoms with Crippen molar-refractivity contribution in [3.63, 3.8) is 0 Å². The van der Waals surface area contributed by atoms with Gasteiger partial charge in [0, 0.05) is 0 Å². The van der Waals surface area contributed by atoms with Gasteiger partial charge in [0.05, 0.1) is 5.92 Å². The van der Waals surface area contributed by atoms with Crippen LogP contribution in [0.1, 0.15) is 58.8 Å². The van der Waals surface area contributed by atoms with Crippen molar-refractivity contribution in [2.75, 3.05) is 0 Å². The molecule has 0 N–H and O–H groups in total. The lowest BCUT2D eigenvalue weighted by atomic mass is 9.69. The largest absolute Gasteiger partial charge is 0.462 e. The van der Waals surface area contributed by atoms with E-state index in [1.165, 1.54) is 38.5 Å². The summed E-state index contributed by atoms with van der Waals surface area (Å²) in [5, 5.41) is 0. The molecule has 0 bridgehead atoms. The Labute approximate surface area is 98.7 Å². The van der Waals surface area contributed by atoms with E-state index in [1.807, 2.05) is 13.8 Å². The second-order valence-corrected chi connectivity index (χ2v) is 5.77. The summed E-state index contributed by atoms with van der Waals surface area (Å²) < 4.78 is 5.68. The van der Waals surface area contributed by atoms with Gasteiger partial charge in [0.2, 0.25) is 0 Å². The van der Waals surface area contributed by atoms with Crippen molar-refractivity contribution in [3.8, 4) is 0 Å². The van der Waals surface area contributed by atoms with Gasteiger partial charge in [-0.2, -0.15) is 0 Å². The maximum absolute atomic E-state index is 11.7. The van der Waals surface area contributed by atoms with E-state index in [0.29, 0.717) is 5.92 Å². The summed E-state index contributed by atoms with van der Waals surface area (Å²) in [6.07, 6.45) is 9.29. The molecule has 92 valence electrons. The van der Waals surface area contributed by atoms with Crippen molar-refractivity contribution in [2.24, 2.45) is 17.8 Å². The summed E-state index contributed by atoms with van der Waals surface area (Å²) in [5.41, 5.74) is 0. The van der Waals surface area contributed by atoms with E-state index in [1.54, 1.807) is 0 Å². The van der Waals surface area contributed by atoms with Gasteiger partial charge in [-0.3, -0.25) is 4.79 Å². The fourth-order valence-electron chi connectivity index (χ4n) is 3.31. The first-order valence-corrected chi connectivity index (χ1v) is 6.89. The highest BCUT2D eigenvalue weighted by molar-refractivity contribution is 5.71. The van der Waals surface area contributed by atoms with E-state index in [9.17, 15) is 4.79 Å². The SMILES string of the molecule is CC(C)C(=O)O[C@@H]1CCC[C@H]2CCCC[C@H]21. The molecule has 0 aromatic carbocycles. The summed E-state index contributed by atoms with van der Waals surface area (Å²) in [5.74, 6) is 1.53. The molecule has 0 radical (unpaired) electrons. The van der Waals surface area contributed by atoms with E-state index < -0.39 is 0 Å². The molecule has 0 heterocycles. The van der Waals surface area contributed by atoms with Crippen LogP contribution in [0.5, 0.6) is 0 Å². The summed E-state index contributed by atoms with van der Waals surface area (Å²) in [6, 6.07) is 0. The number of carbonyl (C=O) groups excluding carboxylic acids is 1. The van der Waals surface area contributed by atoms with Crippen LogP contribution in [0, 0.1) is 17.8 Å². The zero-order valence-electron chi connectivity index (χ0n) is 10.6. The normalized spacial score (nSPS) is 34.6. The summed E-state index contributed by atoms with van der Waals surface area (Å²) in [4.78, 5) is 11.7. The molecule has 2 aliphatic rings.